The molecule has 1 aliphatic heterocycles. The van der Waals surface area contributed by atoms with Gasteiger partial charge >= 0.3 is 0 Å². The van der Waals surface area contributed by atoms with E-state index in [2.05, 4.69) is 44.6 Å². The Morgan fingerprint density at radius 3 is 3.04 bits per heavy atom. The van der Waals surface area contributed by atoms with Crippen molar-refractivity contribution in [3.05, 3.63) is 53.3 Å². The zero-order chi connectivity index (χ0) is 17.2. The van der Waals surface area contributed by atoms with Crippen LogP contribution < -0.4 is 5.32 Å². The van der Waals surface area contributed by atoms with E-state index in [1.54, 1.807) is 0 Å². The number of fused-ring (bicyclic) bond motifs is 1. The Hall–Kier alpha value is -2.34. The van der Waals surface area contributed by atoms with Crippen LogP contribution in [0, 0.1) is 0 Å². The summed E-state index contributed by atoms with van der Waals surface area (Å²) in [5, 5.41) is 7.81. The van der Waals surface area contributed by atoms with Gasteiger partial charge in [0.05, 0.1) is 19.3 Å². The molecule has 1 aromatic carbocycles. The maximum Gasteiger partial charge on any atom is 0.193 e. The van der Waals surface area contributed by atoms with Gasteiger partial charge in [-0.1, -0.05) is 24.3 Å². The minimum Gasteiger partial charge on any atom is -0.370 e. The van der Waals surface area contributed by atoms with Crippen LogP contribution >= 0.6 is 0 Å². The molecule has 1 aliphatic carbocycles. The lowest BCUT2D eigenvalue weighted by molar-refractivity contribution is -0.00804. The molecule has 1 aromatic heterocycles. The quantitative estimate of drug-likeness (QED) is 0.683. The van der Waals surface area contributed by atoms with Gasteiger partial charge in [0.2, 0.25) is 0 Å². The number of morpholine rings is 1. The van der Waals surface area contributed by atoms with E-state index >= 15 is 0 Å². The van der Waals surface area contributed by atoms with Crippen molar-refractivity contribution in [2.45, 2.75) is 18.4 Å². The van der Waals surface area contributed by atoms with Crippen LogP contribution in [0.3, 0.4) is 0 Å². The number of benzene rings is 1. The molecule has 1 fully saturated rings. The SMILES string of the molecule is CN=C(NCC1Cc2ccccc21)N1CCOC(c2cnn(C)c2)C1. The van der Waals surface area contributed by atoms with E-state index < -0.39 is 0 Å². The van der Waals surface area contributed by atoms with Gasteiger partial charge in [0.25, 0.3) is 0 Å². The second-order valence-electron chi connectivity index (χ2n) is 6.78. The summed E-state index contributed by atoms with van der Waals surface area (Å²) in [6.45, 7) is 3.29. The van der Waals surface area contributed by atoms with Crippen LogP contribution in [0.2, 0.25) is 0 Å². The number of nitrogens with one attached hydrogen (secondary N) is 1. The van der Waals surface area contributed by atoms with E-state index in [4.69, 9.17) is 4.74 Å². The van der Waals surface area contributed by atoms with E-state index in [1.165, 1.54) is 11.1 Å². The highest BCUT2D eigenvalue weighted by molar-refractivity contribution is 5.80. The first-order valence-corrected chi connectivity index (χ1v) is 8.88. The second kappa shape index (κ2) is 6.88. The topological polar surface area (TPSA) is 54.7 Å². The van der Waals surface area contributed by atoms with Crippen molar-refractivity contribution in [3.63, 3.8) is 0 Å². The van der Waals surface area contributed by atoms with Gasteiger partial charge in [-0.3, -0.25) is 9.67 Å². The fourth-order valence-electron chi connectivity index (χ4n) is 3.74. The molecular weight excluding hydrogens is 314 g/mol. The highest BCUT2D eigenvalue weighted by Crippen LogP contribution is 2.34. The summed E-state index contributed by atoms with van der Waals surface area (Å²) in [7, 11) is 3.78. The summed E-state index contributed by atoms with van der Waals surface area (Å²) in [4.78, 5) is 6.77. The largest absolute Gasteiger partial charge is 0.370 e. The zero-order valence-electron chi connectivity index (χ0n) is 14.9. The Labute approximate surface area is 148 Å². The zero-order valence-corrected chi connectivity index (χ0v) is 14.9. The van der Waals surface area contributed by atoms with Crippen LogP contribution in [-0.2, 0) is 18.2 Å². The Morgan fingerprint density at radius 1 is 1.40 bits per heavy atom. The molecule has 1 saturated heterocycles. The van der Waals surface area contributed by atoms with Crippen LogP contribution in [0.25, 0.3) is 0 Å². The Bertz CT molecular complexity index is 769. The lowest BCUT2D eigenvalue weighted by Gasteiger charge is -2.36. The molecule has 2 atom stereocenters. The molecule has 2 unspecified atom stereocenters. The predicted molar refractivity (Wildman–Crippen MR) is 97.7 cm³/mol. The molecule has 4 rings (SSSR count). The number of guanidine groups is 1. The van der Waals surface area contributed by atoms with Gasteiger partial charge in [-0.15, -0.1) is 0 Å². The molecule has 25 heavy (non-hydrogen) atoms. The first kappa shape index (κ1) is 16.1. The van der Waals surface area contributed by atoms with Gasteiger partial charge in [-0.25, -0.2) is 0 Å². The van der Waals surface area contributed by atoms with Gasteiger partial charge in [0, 0.05) is 44.9 Å². The molecule has 2 heterocycles. The number of hydrogen-bond donors (Lipinski definition) is 1. The van der Waals surface area contributed by atoms with Crippen LogP contribution in [0.1, 0.15) is 28.7 Å². The minimum atomic E-state index is 0.0467. The maximum absolute atomic E-state index is 5.93. The number of nitrogens with zero attached hydrogens (tertiary/aromatic N) is 4. The molecule has 0 saturated carbocycles. The molecular formula is C19H25N5O. The highest BCUT2D eigenvalue weighted by atomic mass is 16.5. The lowest BCUT2D eigenvalue weighted by atomic mass is 9.78. The summed E-state index contributed by atoms with van der Waals surface area (Å²) in [5.41, 5.74) is 4.07. The highest BCUT2D eigenvalue weighted by Gasteiger charge is 2.28. The average molecular weight is 339 g/mol. The van der Waals surface area contributed by atoms with Crippen LogP contribution in [0.4, 0.5) is 0 Å². The summed E-state index contributed by atoms with van der Waals surface area (Å²) >= 11 is 0. The standard InChI is InChI=1S/C19H25N5O/c1-20-19(21-10-15-9-14-5-3-4-6-17(14)15)24-7-8-25-18(13-24)16-11-22-23(2)12-16/h3-6,11-12,15,18H,7-10,13H2,1-2H3,(H,20,21). The number of hydrogen-bond acceptors (Lipinski definition) is 3. The minimum absolute atomic E-state index is 0.0467. The summed E-state index contributed by atoms with van der Waals surface area (Å²) in [5.74, 6) is 1.55. The van der Waals surface area contributed by atoms with Crippen LogP contribution in [0.5, 0.6) is 0 Å². The third kappa shape index (κ3) is 3.26. The molecule has 0 radical (unpaired) electrons. The molecule has 0 spiro atoms. The molecule has 6 heteroatoms. The van der Waals surface area contributed by atoms with Gasteiger partial charge < -0.3 is 15.0 Å². The predicted octanol–water partition coefficient (Wildman–Crippen LogP) is 1.71. The molecule has 2 aliphatic rings. The number of aliphatic imine (C=N–C) groups is 1. The van der Waals surface area contributed by atoms with E-state index in [1.807, 2.05) is 31.2 Å². The maximum atomic E-state index is 5.93. The molecule has 0 amide bonds. The molecule has 1 N–H and O–H groups in total. The van der Waals surface area contributed by atoms with Crippen molar-refractivity contribution in [1.29, 1.82) is 0 Å². The third-order valence-electron chi connectivity index (χ3n) is 5.14. The van der Waals surface area contributed by atoms with Gasteiger partial charge in [0.1, 0.15) is 6.10 Å². The van der Waals surface area contributed by atoms with E-state index in [0.717, 1.165) is 37.6 Å². The smallest absolute Gasteiger partial charge is 0.193 e. The van der Waals surface area contributed by atoms with E-state index in [-0.39, 0.29) is 6.10 Å². The number of aryl methyl sites for hydroxylation is 1. The van der Waals surface area contributed by atoms with Crippen LogP contribution in [-0.4, -0.2) is 53.9 Å². The van der Waals surface area contributed by atoms with Crippen molar-refractivity contribution in [3.8, 4) is 0 Å². The van der Waals surface area contributed by atoms with Gasteiger partial charge in [-0.05, 0) is 17.5 Å². The fraction of sp³-hybridized carbons (Fsp3) is 0.474. The third-order valence-corrected chi connectivity index (χ3v) is 5.14. The van der Waals surface area contributed by atoms with Crippen LogP contribution in [0.15, 0.2) is 41.7 Å². The molecule has 2 aromatic rings. The molecule has 0 bridgehead atoms. The summed E-state index contributed by atoms with van der Waals surface area (Å²) in [6.07, 6.45) is 5.11. The monoisotopic (exact) mass is 339 g/mol. The van der Waals surface area contributed by atoms with E-state index in [0.29, 0.717) is 12.5 Å². The Kier molecular flexibility index (Phi) is 4.44. The summed E-state index contributed by atoms with van der Waals surface area (Å²) < 4.78 is 7.75. The van der Waals surface area contributed by atoms with Crippen molar-refractivity contribution < 1.29 is 4.74 Å². The molecule has 132 valence electrons. The number of ether oxygens (including phenoxy) is 1. The van der Waals surface area contributed by atoms with Gasteiger partial charge in [0.15, 0.2) is 5.96 Å². The normalized spacial score (nSPS) is 23.1. The van der Waals surface area contributed by atoms with Crippen molar-refractivity contribution in [2.24, 2.45) is 12.0 Å². The fourth-order valence-corrected chi connectivity index (χ4v) is 3.74. The van der Waals surface area contributed by atoms with Crippen molar-refractivity contribution in [2.75, 3.05) is 33.3 Å². The lowest BCUT2D eigenvalue weighted by Crippen LogP contribution is -2.49. The molecule has 6 nitrogen and oxygen atoms in total. The average Bonchev–Trinajstić information content (AvgIpc) is 3.06. The Balaban J connectivity index is 1.36. The van der Waals surface area contributed by atoms with Crippen molar-refractivity contribution in [1.82, 2.24) is 20.0 Å². The van der Waals surface area contributed by atoms with E-state index in [9.17, 15) is 0 Å². The number of aromatic nitrogens is 2. The first-order valence-electron chi connectivity index (χ1n) is 8.88. The first-order chi connectivity index (χ1) is 12.2. The Morgan fingerprint density at radius 2 is 2.28 bits per heavy atom. The second-order valence-corrected chi connectivity index (χ2v) is 6.78. The van der Waals surface area contributed by atoms with Crippen molar-refractivity contribution >= 4 is 5.96 Å². The number of rotatable bonds is 3. The summed E-state index contributed by atoms with van der Waals surface area (Å²) in [6, 6.07) is 8.70. The van der Waals surface area contributed by atoms with Gasteiger partial charge in [-0.2, -0.15) is 5.10 Å².